The van der Waals surface area contributed by atoms with Crippen LogP contribution in [0.2, 0.25) is 0 Å². The number of hydrogen-bond acceptors (Lipinski definition) is 4. The summed E-state index contributed by atoms with van der Waals surface area (Å²) in [5.41, 5.74) is 0.479. The molecule has 0 saturated carbocycles. The SMILES string of the molecule is OCCN(CC(F)F)c1nc(Br)cn2ccnc12. The lowest BCUT2D eigenvalue weighted by atomic mass is 10.4. The molecule has 1 N–H and O–H groups in total. The predicted octanol–water partition coefficient (Wildman–Crippen LogP) is 1.56. The molecular formula is C10H11BrF2N4O. The number of rotatable bonds is 5. The van der Waals surface area contributed by atoms with E-state index < -0.39 is 13.0 Å². The molecule has 18 heavy (non-hydrogen) atoms. The third-order valence-electron chi connectivity index (χ3n) is 2.35. The second-order valence-corrected chi connectivity index (χ2v) is 4.42. The highest BCUT2D eigenvalue weighted by Gasteiger charge is 2.18. The van der Waals surface area contributed by atoms with E-state index >= 15 is 0 Å². The molecule has 0 saturated heterocycles. The van der Waals surface area contributed by atoms with E-state index in [1.807, 2.05) is 0 Å². The van der Waals surface area contributed by atoms with Gasteiger partial charge in [0.05, 0.1) is 13.2 Å². The Morgan fingerprint density at radius 2 is 2.28 bits per heavy atom. The minimum atomic E-state index is -2.51. The number of imidazole rings is 1. The summed E-state index contributed by atoms with van der Waals surface area (Å²) >= 11 is 3.22. The monoisotopic (exact) mass is 320 g/mol. The topological polar surface area (TPSA) is 53.7 Å². The molecule has 0 aliphatic carbocycles. The molecule has 2 aromatic heterocycles. The second-order valence-electron chi connectivity index (χ2n) is 3.61. The lowest BCUT2D eigenvalue weighted by Gasteiger charge is -2.22. The Labute approximate surface area is 110 Å². The van der Waals surface area contributed by atoms with Crippen LogP contribution in [0.15, 0.2) is 23.2 Å². The fourth-order valence-corrected chi connectivity index (χ4v) is 2.06. The van der Waals surface area contributed by atoms with Crippen LogP contribution in [-0.4, -0.2) is 45.6 Å². The summed E-state index contributed by atoms with van der Waals surface area (Å²) in [6.07, 6.45) is 2.44. The first-order valence-corrected chi connectivity index (χ1v) is 6.04. The van der Waals surface area contributed by atoms with Crippen LogP contribution in [0.5, 0.6) is 0 Å². The number of aromatic nitrogens is 3. The molecule has 8 heteroatoms. The molecule has 0 atom stereocenters. The van der Waals surface area contributed by atoms with Gasteiger partial charge in [0, 0.05) is 25.1 Å². The minimum Gasteiger partial charge on any atom is -0.395 e. The molecule has 0 spiro atoms. The van der Waals surface area contributed by atoms with Crippen molar-refractivity contribution in [3.05, 3.63) is 23.2 Å². The Hall–Kier alpha value is -1.28. The molecule has 0 aromatic carbocycles. The van der Waals surface area contributed by atoms with Gasteiger partial charge >= 0.3 is 0 Å². The maximum Gasteiger partial charge on any atom is 0.255 e. The van der Waals surface area contributed by atoms with Crippen molar-refractivity contribution in [1.82, 2.24) is 14.4 Å². The zero-order valence-electron chi connectivity index (χ0n) is 9.30. The van der Waals surface area contributed by atoms with Crippen LogP contribution in [0.4, 0.5) is 14.6 Å². The molecule has 0 aliphatic heterocycles. The number of hydrogen-bond donors (Lipinski definition) is 1. The fraction of sp³-hybridized carbons (Fsp3) is 0.400. The predicted molar refractivity (Wildman–Crippen MR) is 66.0 cm³/mol. The van der Waals surface area contributed by atoms with Crippen LogP contribution in [-0.2, 0) is 0 Å². The van der Waals surface area contributed by atoms with Crippen molar-refractivity contribution < 1.29 is 13.9 Å². The average Bonchev–Trinajstić information content (AvgIpc) is 2.74. The third-order valence-corrected chi connectivity index (χ3v) is 2.74. The fourth-order valence-electron chi connectivity index (χ4n) is 1.67. The van der Waals surface area contributed by atoms with E-state index in [0.717, 1.165) is 0 Å². The second kappa shape index (κ2) is 5.57. The third kappa shape index (κ3) is 2.75. The van der Waals surface area contributed by atoms with Gasteiger partial charge in [0.25, 0.3) is 6.43 Å². The summed E-state index contributed by atoms with van der Waals surface area (Å²) in [4.78, 5) is 9.56. The Bertz CT molecular complexity index is 534. The number of nitrogens with zero attached hydrogens (tertiary/aromatic N) is 4. The number of fused-ring (bicyclic) bond motifs is 1. The number of aliphatic hydroxyl groups is 1. The molecule has 0 radical (unpaired) electrons. The summed E-state index contributed by atoms with van der Waals surface area (Å²) in [6.45, 7) is -0.642. The first-order valence-electron chi connectivity index (χ1n) is 5.25. The lowest BCUT2D eigenvalue weighted by molar-refractivity contribution is 0.152. The molecule has 5 nitrogen and oxygen atoms in total. The van der Waals surface area contributed by atoms with Gasteiger partial charge in [-0.25, -0.2) is 18.7 Å². The Morgan fingerprint density at radius 3 is 2.94 bits per heavy atom. The molecule has 0 amide bonds. The van der Waals surface area contributed by atoms with Crippen LogP contribution in [0.1, 0.15) is 0 Å². The summed E-state index contributed by atoms with van der Waals surface area (Å²) in [5, 5.41) is 8.95. The molecule has 2 heterocycles. The van der Waals surface area contributed by atoms with Crippen LogP contribution < -0.4 is 4.90 Å². The molecule has 2 rings (SSSR count). The maximum absolute atomic E-state index is 12.5. The molecule has 0 unspecified atom stereocenters. The highest BCUT2D eigenvalue weighted by Crippen LogP contribution is 2.21. The zero-order chi connectivity index (χ0) is 13.1. The standard InChI is InChI=1S/C10H11BrF2N4O/c11-7-5-16-2-1-14-9(16)10(15-7)17(3-4-18)6-8(12)13/h1-2,5,8,18H,3-4,6H2. The van der Waals surface area contributed by atoms with E-state index in [2.05, 4.69) is 25.9 Å². The number of anilines is 1. The highest BCUT2D eigenvalue weighted by molar-refractivity contribution is 9.10. The van der Waals surface area contributed by atoms with Gasteiger partial charge in [-0.15, -0.1) is 0 Å². The number of aliphatic hydroxyl groups excluding tert-OH is 1. The van der Waals surface area contributed by atoms with Gasteiger partial charge in [0.1, 0.15) is 4.60 Å². The van der Waals surface area contributed by atoms with Crippen molar-refractivity contribution in [3.8, 4) is 0 Å². The van der Waals surface area contributed by atoms with Crippen LogP contribution >= 0.6 is 15.9 Å². The summed E-state index contributed by atoms with van der Waals surface area (Å²) in [5.74, 6) is 0.323. The number of alkyl halides is 2. The van der Waals surface area contributed by atoms with Crippen molar-refractivity contribution in [2.24, 2.45) is 0 Å². The average molecular weight is 321 g/mol. The number of halogens is 3. The van der Waals surface area contributed by atoms with E-state index in [-0.39, 0.29) is 13.2 Å². The van der Waals surface area contributed by atoms with Crippen molar-refractivity contribution in [1.29, 1.82) is 0 Å². The van der Waals surface area contributed by atoms with Crippen LogP contribution in [0.25, 0.3) is 5.65 Å². The Morgan fingerprint density at radius 1 is 1.50 bits per heavy atom. The first-order chi connectivity index (χ1) is 8.61. The zero-order valence-corrected chi connectivity index (χ0v) is 10.9. The van der Waals surface area contributed by atoms with Gasteiger partial charge in [0.2, 0.25) is 0 Å². The van der Waals surface area contributed by atoms with Crippen molar-refractivity contribution in [2.75, 3.05) is 24.6 Å². The molecule has 0 bridgehead atoms. The summed E-state index contributed by atoms with van der Waals surface area (Å²) in [6, 6.07) is 0. The quantitative estimate of drug-likeness (QED) is 0.908. The van der Waals surface area contributed by atoms with Gasteiger partial charge < -0.3 is 14.4 Å². The molecule has 2 aromatic rings. The lowest BCUT2D eigenvalue weighted by Crippen LogP contribution is -2.32. The van der Waals surface area contributed by atoms with E-state index in [1.54, 1.807) is 23.0 Å². The van der Waals surface area contributed by atoms with Gasteiger partial charge in [-0.3, -0.25) is 0 Å². The smallest absolute Gasteiger partial charge is 0.255 e. The van der Waals surface area contributed by atoms with Gasteiger partial charge in [0.15, 0.2) is 11.5 Å². The normalized spacial score (nSPS) is 11.4. The van der Waals surface area contributed by atoms with E-state index in [1.165, 1.54) is 4.90 Å². The van der Waals surface area contributed by atoms with E-state index in [0.29, 0.717) is 16.1 Å². The highest BCUT2D eigenvalue weighted by atomic mass is 79.9. The minimum absolute atomic E-state index is 0.0797. The molecule has 0 fully saturated rings. The van der Waals surface area contributed by atoms with E-state index in [9.17, 15) is 8.78 Å². The van der Waals surface area contributed by atoms with Crippen molar-refractivity contribution >= 4 is 27.4 Å². The first kappa shape index (κ1) is 13.2. The van der Waals surface area contributed by atoms with Crippen LogP contribution in [0, 0.1) is 0 Å². The van der Waals surface area contributed by atoms with E-state index in [4.69, 9.17) is 5.11 Å². The van der Waals surface area contributed by atoms with Gasteiger partial charge in [-0.05, 0) is 15.9 Å². The van der Waals surface area contributed by atoms with Gasteiger partial charge in [-0.2, -0.15) is 0 Å². The maximum atomic E-state index is 12.5. The largest absolute Gasteiger partial charge is 0.395 e. The van der Waals surface area contributed by atoms with Gasteiger partial charge in [-0.1, -0.05) is 0 Å². The van der Waals surface area contributed by atoms with Crippen LogP contribution in [0.3, 0.4) is 0 Å². The van der Waals surface area contributed by atoms with Crippen molar-refractivity contribution in [3.63, 3.8) is 0 Å². The summed E-state index contributed by atoms with van der Waals surface area (Å²) in [7, 11) is 0. The van der Waals surface area contributed by atoms with Crippen molar-refractivity contribution in [2.45, 2.75) is 6.43 Å². The Balaban J connectivity index is 2.44. The Kier molecular flexibility index (Phi) is 4.07. The molecule has 0 aliphatic rings. The molecule has 98 valence electrons. The molecular weight excluding hydrogens is 310 g/mol. The summed E-state index contributed by atoms with van der Waals surface area (Å²) < 4.78 is 27.3.